The number of hydrogen-bond acceptors (Lipinski definition) is 2. The third-order valence-electron chi connectivity index (χ3n) is 2.93. The molecule has 1 aromatic rings. The van der Waals surface area contributed by atoms with Gasteiger partial charge in [0, 0.05) is 18.8 Å². The number of rotatable bonds is 2. The second-order valence-electron chi connectivity index (χ2n) is 4.28. The van der Waals surface area contributed by atoms with Crippen molar-refractivity contribution >= 4 is 5.69 Å². The maximum absolute atomic E-state index is 9.05. The van der Waals surface area contributed by atoms with E-state index in [-0.39, 0.29) is 6.61 Å². The Morgan fingerprint density at radius 3 is 2.64 bits per heavy atom. The SMILES string of the molecule is Cc1cc(N2CC(C)C2)ccc1CO. The van der Waals surface area contributed by atoms with Crippen molar-refractivity contribution in [2.45, 2.75) is 20.5 Å². The molecule has 0 aliphatic carbocycles. The maximum Gasteiger partial charge on any atom is 0.0684 e. The number of aliphatic hydroxyl groups excluding tert-OH is 1. The first-order chi connectivity index (χ1) is 6.70. The molecule has 1 aliphatic rings. The van der Waals surface area contributed by atoms with Crippen LogP contribution in [0.4, 0.5) is 5.69 Å². The first kappa shape index (κ1) is 9.53. The Morgan fingerprint density at radius 2 is 2.14 bits per heavy atom. The normalized spacial score (nSPS) is 16.9. The molecular weight excluding hydrogens is 174 g/mol. The number of nitrogens with zero attached hydrogens (tertiary/aromatic N) is 1. The van der Waals surface area contributed by atoms with Crippen LogP contribution in [0.15, 0.2) is 18.2 Å². The average Bonchev–Trinajstić information content (AvgIpc) is 2.13. The molecule has 2 rings (SSSR count). The summed E-state index contributed by atoms with van der Waals surface area (Å²) in [5.41, 5.74) is 3.50. The lowest BCUT2D eigenvalue weighted by molar-refractivity contribution is 0.281. The summed E-state index contributed by atoms with van der Waals surface area (Å²) in [6, 6.07) is 6.29. The van der Waals surface area contributed by atoms with Gasteiger partial charge in [-0.3, -0.25) is 0 Å². The highest BCUT2D eigenvalue weighted by Gasteiger charge is 2.22. The van der Waals surface area contributed by atoms with Crippen molar-refractivity contribution in [3.8, 4) is 0 Å². The first-order valence-electron chi connectivity index (χ1n) is 5.16. The van der Waals surface area contributed by atoms with E-state index in [1.807, 2.05) is 6.07 Å². The Hall–Kier alpha value is -1.02. The zero-order valence-corrected chi connectivity index (χ0v) is 8.83. The molecule has 76 valence electrons. The van der Waals surface area contributed by atoms with E-state index in [9.17, 15) is 0 Å². The Bertz CT molecular complexity index is 329. The molecule has 1 aromatic carbocycles. The van der Waals surface area contributed by atoms with Crippen LogP contribution in [-0.4, -0.2) is 18.2 Å². The summed E-state index contributed by atoms with van der Waals surface area (Å²) in [5, 5.41) is 9.05. The zero-order chi connectivity index (χ0) is 10.1. The number of benzene rings is 1. The maximum atomic E-state index is 9.05. The number of aliphatic hydroxyl groups is 1. The zero-order valence-electron chi connectivity index (χ0n) is 8.83. The largest absolute Gasteiger partial charge is 0.392 e. The van der Waals surface area contributed by atoms with Crippen molar-refractivity contribution in [1.82, 2.24) is 0 Å². The van der Waals surface area contributed by atoms with E-state index in [0.29, 0.717) is 0 Å². The van der Waals surface area contributed by atoms with Gasteiger partial charge in [0.2, 0.25) is 0 Å². The summed E-state index contributed by atoms with van der Waals surface area (Å²) in [6.07, 6.45) is 0. The lowest BCUT2D eigenvalue weighted by Gasteiger charge is -2.39. The molecule has 1 N–H and O–H groups in total. The number of anilines is 1. The first-order valence-corrected chi connectivity index (χ1v) is 5.16. The molecule has 1 heterocycles. The second kappa shape index (κ2) is 3.62. The smallest absolute Gasteiger partial charge is 0.0684 e. The van der Waals surface area contributed by atoms with E-state index >= 15 is 0 Å². The Labute approximate surface area is 85.2 Å². The van der Waals surface area contributed by atoms with Gasteiger partial charge < -0.3 is 10.0 Å². The lowest BCUT2D eigenvalue weighted by Crippen LogP contribution is -2.45. The minimum atomic E-state index is 0.141. The third kappa shape index (κ3) is 1.62. The number of aryl methyl sites for hydroxylation is 1. The fraction of sp³-hybridized carbons (Fsp3) is 0.500. The van der Waals surface area contributed by atoms with Gasteiger partial charge in [-0.05, 0) is 36.1 Å². The van der Waals surface area contributed by atoms with Crippen LogP contribution >= 0.6 is 0 Å². The van der Waals surface area contributed by atoms with Gasteiger partial charge in [-0.2, -0.15) is 0 Å². The van der Waals surface area contributed by atoms with Crippen molar-refractivity contribution < 1.29 is 5.11 Å². The van der Waals surface area contributed by atoms with Crippen LogP contribution in [0.5, 0.6) is 0 Å². The molecule has 1 aliphatic heterocycles. The second-order valence-corrected chi connectivity index (χ2v) is 4.28. The average molecular weight is 191 g/mol. The topological polar surface area (TPSA) is 23.5 Å². The number of hydrogen-bond donors (Lipinski definition) is 1. The van der Waals surface area contributed by atoms with E-state index in [2.05, 4.69) is 30.9 Å². The van der Waals surface area contributed by atoms with Gasteiger partial charge in [0.1, 0.15) is 0 Å². The van der Waals surface area contributed by atoms with E-state index in [0.717, 1.165) is 24.6 Å². The fourth-order valence-electron chi connectivity index (χ4n) is 1.96. The molecule has 0 amide bonds. The van der Waals surface area contributed by atoms with E-state index < -0.39 is 0 Å². The van der Waals surface area contributed by atoms with Gasteiger partial charge in [-0.15, -0.1) is 0 Å². The fourth-order valence-corrected chi connectivity index (χ4v) is 1.96. The van der Waals surface area contributed by atoms with Gasteiger partial charge >= 0.3 is 0 Å². The molecule has 0 spiro atoms. The molecule has 1 fully saturated rings. The molecule has 1 saturated heterocycles. The molecule has 2 heteroatoms. The molecule has 0 atom stereocenters. The van der Waals surface area contributed by atoms with E-state index in [1.54, 1.807) is 0 Å². The Morgan fingerprint density at radius 1 is 1.43 bits per heavy atom. The predicted octanol–water partition coefficient (Wildman–Crippen LogP) is 1.94. The minimum Gasteiger partial charge on any atom is -0.392 e. The van der Waals surface area contributed by atoms with Gasteiger partial charge in [-0.1, -0.05) is 13.0 Å². The van der Waals surface area contributed by atoms with E-state index in [1.165, 1.54) is 11.3 Å². The van der Waals surface area contributed by atoms with Crippen LogP contribution in [0.3, 0.4) is 0 Å². The molecule has 0 saturated carbocycles. The summed E-state index contributed by atoms with van der Waals surface area (Å²) in [5.74, 6) is 0.827. The van der Waals surface area contributed by atoms with Crippen molar-refractivity contribution in [3.63, 3.8) is 0 Å². The molecule has 2 nitrogen and oxygen atoms in total. The van der Waals surface area contributed by atoms with Crippen LogP contribution in [-0.2, 0) is 6.61 Å². The Kier molecular flexibility index (Phi) is 2.46. The van der Waals surface area contributed by atoms with Crippen LogP contribution in [0, 0.1) is 12.8 Å². The lowest BCUT2D eigenvalue weighted by atomic mass is 10.0. The van der Waals surface area contributed by atoms with E-state index in [4.69, 9.17) is 5.11 Å². The van der Waals surface area contributed by atoms with Gasteiger partial charge in [0.15, 0.2) is 0 Å². The Balaban J connectivity index is 2.16. The highest BCUT2D eigenvalue weighted by atomic mass is 16.3. The highest BCUT2D eigenvalue weighted by Crippen LogP contribution is 2.26. The van der Waals surface area contributed by atoms with Crippen LogP contribution in [0.25, 0.3) is 0 Å². The third-order valence-corrected chi connectivity index (χ3v) is 2.93. The van der Waals surface area contributed by atoms with Crippen molar-refractivity contribution in [2.24, 2.45) is 5.92 Å². The van der Waals surface area contributed by atoms with Crippen molar-refractivity contribution in [2.75, 3.05) is 18.0 Å². The summed E-state index contributed by atoms with van der Waals surface area (Å²) < 4.78 is 0. The summed E-state index contributed by atoms with van der Waals surface area (Å²) in [7, 11) is 0. The summed E-state index contributed by atoms with van der Waals surface area (Å²) >= 11 is 0. The molecule has 0 radical (unpaired) electrons. The van der Waals surface area contributed by atoms with Gasteiger partial charge in [0.05, 0.1) is 6.61 Å². The molecule has 0 unspecified atom stereocenters. The molecular formula is C12H17NO. The highest BCUT2D eigenvalue weighted by molar-refractivity contribution is 5.52. The summed E-state index contributed by atoms with van der Waals surface area (Å²) in [4.78, 5) is 2.37. The molecule has 14 heavy (non-hydrogen) atoms. The monoisotopic (exact) mass is 191 g/mol. The standard InChI is InChI=1S/C12H17NO/c1-9-6-13(7-9)12-4-3-11(8-14)10(2)5-12/h3-5,9,14H,6-8H2,1-2H3. The van der Waals surface area contributed by atoms with Gasteiger partial charge in [-0.25, -0.2) is 0 Å². The summed E-state index contributed by atoms with van der Waals surface area (Å²) in [6.45, 7) is 6.79. The quantitative estimate of drug-likeness (QED) is 0.772. The van der Waals surface area contributed by atoms with Crippen LogP contribution in [0.2, 0.25) is 0 Å². The molecule has 0 bridgehead atoms. The van der Waals surface area contributed by atoms with Crippen LogP contribution in [0.1, 0.15) is 18.1 Å². The van der Waals surface area contributed by atoms with Crippen molar-refractivity contribution in [1.29, 1.82) is 0 Å². The minimum absolute atomic E-state index is 0.141. The van der Waals surface area contributed by atoms with Gasteiger partial charge in [0.25, 0.3) is 0 Å². The van der Waals surface area contributed by atoms with Crippen molar-refractivity contribution in [3.05, 3.63) is 29.3 Å². The molecule has 0 aromatic heterocycles. The van der Waals surface area contributed by atoms with Crippen LogP contribution < -0.4 is 4.90 Å². The predicted molar refractivity (Wildman–Crippen MR) is 58.5 cm³/mol.